The Morgan fingerprint density at radius 3 is 2.33 bits per heavy atom. The van der Waals surface area contributed by atoms with Crippen LogP contribution >= 0.6 is 11.6 Å². The van der Waals surface area contributed by atoms with Crippen molar-refractivity contribution >= 4 is 23.2 Å². The van der Waals surface area contributed by atoms with Gasteiger partial charge in [-0.25, -0.2) is 0 Å². The van der Waals surface area contributed by atoms with Crippen LogP contribution < -0.4 is 0 Å². The minimum Gasteiger partial charge on any atom is -0.496 e. The third-order valence-electron chi connectivity index (χ3n) is 6.10. The zero-order chi connectivity index (χ0) is 14.9. The summed E-state index contributed by atoms with van der Waals surface area (Å²) in [7, 11) is 1.39. The van der Waals surface area contributed by atoms with Gasteiger partial charge in [-0.2, -0.15) is 0 Å². The van der Waals surface area contributed by atoms with Crippen LogP contribution in [0.4, 0.5) is 0 Å². The summed E-state index contributed by atoms with van der Waals surface area (Å²) in [5.41, 5.74) is -1.81. The highest BCUT2D eigenvalue weighted by molar-refractivity contribution is 6.48. The molecule has 0 aromatic heterocycles. The van der Waals surface area contributed by atoms with E-state index >= 15 is 0 Å². The van der Waals surface area contributed by atoms with Gasteiger partial charge in [-0.1, -0.05) is 11.6 Å². The maximum atomic E-state index is 12.9. The summed E-state index contributed by atoms with van der Waals surface area (Å²) in [4.78, 5) is 25.1. The fraction of sp³-hybridized carbons (Fsp3) is 0.750. The second-order valence-electron chi connectivity index (χ2n) is 7.19. The van der Waals surface area contributed by atoms with E-state index in [0.29, 0.717) is 11.8 Å². The first-order valence-corrected chi connectivity index (χ1v) is 8.09. The molecule has 0 aromatic rings. The molecule has 4 bridgehead atoms. The number of ketones is 2. The second kappa shape index (κ2) is 4.32. The lowest BCUT2D eigenvalue weighted by Gasteiger charge is -2.44. The van der Waals surface area contributed by atoms with E-state index in [1.54, 1.807) is 0 Å². The molecule has 4 atom stereocenters. The van der Waals surface area contributed by atoms with Gasteiger partial charge in [0.05, 0.1) is 13.0 Å². The van der Waals surface area contributed by atoms with Crippen molar-refractivity contribution in [2.75, 3.05) is 7.11 Å². The first-order chi connectivity index (χ1) is 9.96. The summed E-state index contributed by atoms with van der Waals surface area (Å²) in [5, 5.41) is 10.9. The van der Waals surface area contributed by atoms with E-state index in [1.165, 1.54) is 13.5 Å². The van der Waals surface area contributed by atoms with Gasteiger partial charge in [0.1, 0.15) is 10.8 Å². The fourth-order valence-electron chi connectivity index (χ4n) is 5.45. The van der Waals surface area contributed by atoms with Crippen molar-refractivity contribution in [1.29, 1.82) is 0 Å². The number of methoxy groups -OCH3 is 1. The lowest BCUT2D eigenvalue weighted by atomic mass is 9.63. The van der Waals surface area contributed by atoms with E-state index in [0.717, 1.165) is 25.7 Å². The minimum atomic E-state index is -1.81. The van der Waals surface area contributed by atoms with Crippen molar-refractivity contribution in [3.63, 3.8) is 0 Å². The topological polar surface area (TPSA) is 63.6 Å². The number of fused-ring (bicyclic) bond motifs is 1. The molecular formula is C16H19ClO4. The Morgan fingerprint density at radius 1 is 1.14 bits per heavy atom. The molecule has 5 heteroatoms. The Morgan fingerprint density at radius 2 is 1.76 bits per heavy atom. The van der Waals surface area contributed by atoms with Gasteiger partial charge < -0.3 is 9.84 Å². The second-order valence-corrected chi connectivity index (χ2v) is 7.57. The third-order valence-corrected chi connectivity index (χ3v) is 6.44. The standard InChI is InChI=1S/C16H19ClO4/c1-21-15-12(17)14(19)16(15,20)11-9-3-7-2-8(4-9)6-10(5-7)13(11)18/h7-11,20H,2-6H2,1H3. The molecule has 21 heavy (non-hydrogen) atoms. The van der Waals surface area contributed by atoms with Crippen molar-refractivity contribution in [2.24, 2.45) is 29.6 Å². The summed E-state index contributed by atoms with van der Waals surface area (Å²) in [6.07, 6.45) is 4.92. The molecule has 5 rings (SSSR count). The average molecular weight is 311 g/mol. The smallest absolute Gasteiger partial charge is 0.217 e. The number of hydrogen-bond donors (Lipinski definition) is 1. The Labute approximate surface area is 128 Å². The Bertz CT molecular complexity index is 555. The highest BCUT2D eigenvalue weighted by atomic mass is 35.5. The molecule has 5 aliphatic rings. The molecule has 0 heterocycles. The van der Waals surface area contributed by atoms with Crippen LogP contribution in [0.25, 0.3) is 0 Å². The van der Waals surface area contributed by atoms with Crippen LogP contribution in [0.5, 0.6) is 0 Å². The molecule has 4 unspecified atom stereocenters. The van der Waals surface area contributed by atoms with Crippen LogP contribution in [-0.4, -0.2) is 29.4 Å². The molecule has 4 saturated carbocycles. The first kappa shape index (κ1) is 13.8. The molecule has 0 saturated heterocycles. The number of ether oxygens (including phenoxy) is 1. The largest absolute Gasteiger partial charge is 0.496 e. The van der Waals surface area contributed by atoms with Crippen LogP contribution in [0, 0.1) is 29.6 Å². The van der Waals surface area contributed by atoms with Crippen LogP contribution in [0.2, 0.25) is 0 Å². The SMILES string of the molecule is COC1=C(Cl)C(=O)C1(O)C1C(=O)C2CC3CC(C2)CC1C3. The Kier molecular flexibility index (Phi) is 2.84. The molecule has 0 aliphatic heterocycles. The summed E-state index contributed by atoms with van der Waals surface area (Å²) in [6.45, 7) is 0. The van der Waals surface area contributed by atoms with Gasteiger partial charge in [0.15, 0.2) is 11.4 Å². The first-order valence-electron chi connectivity index (χ1n) is 7.72. The van der Waals surface area contributed by atoms with E-state index < -0.39 is 17.3 Å². The van der Waals surface area contributed by atoms with Gasteiger partial charge in [-0.05, 0) is 49.9 Å². The van der Waals surface area contributed by atoms with Crippen LogP contribution in [0.3, 0.4) is 0 Å². The van der Waals surface area contributed by atoms with Gasteiger partial charge in [-0.15, -0.1) is 0 Å². The monoisotopic (exact) mass is 310 g/mol. The highest BCUT2D eigenvalue weighted by Crippen LogP contribution is 2.57. The molecule has 4 fully saturated rings. The zero-order valence-corrected chi connectivity index (χ0v) is 12.7. The van der Waals surface area contributed by atoms with Crippen molar-refractivity contribution in [1.82, 2.24) is 0 Å². The summed E-state index contributed by atoms with van der Waals surface area (Å²) in [5.74, 6) is 0.172. The lowest BCUT2D eigenvalue weighted by molar-refractivity contribution is -0.157. The molecule has 5 aliphatic carbocycles. The van der Waals surface area contributed by atoms with Crippen molar-refractivity contribution < 1.29 is 19.4 Å². The van der Waals surface area contributed by atoms with E-state index in [1.807, 2.05) is 0 Å². The van der Waals surface area contributed by atoms with E-state index in [9.17, 15) is 14.7 Å². The van der Waals surface area contributed by atoms with E-state index in [2.05, 4.69) is 0 Å². The highest BCUT2D eigenvalue weighted by Gasteiger charge is 2.65. The number of Topliss-reactive ketones (excluding diaryl/α,β-unsaturated/α-hetero) is 2. The predicted octanol–water partition coefficient (Wildman–Crippen LogP) is 2.04. The quantitative estimate of drug-likeness (QED) is 0.848. The number of carbonyl (C=O) groups excluding carboxylic acids is 2. The average Bonchev–Trinajstić information content (AvgIpc) is 2.60. The molecule has 114 valence electrons. The Balaban J connectivity index is 1.78. The zero-order valence-electron chi connectivity index (χ0n) is 12.0. The lowest BCUT2D eigenvalue weighted by Crippen LogP contribution is -2.60. The van der Waals surface area contributed by atoms with Gasteiger partial charge >= 0.3 is 0 Å². The fourth-order valence-corrected chi connectivity index (χ4v) is 5.81. The van der Waals surface area contributed by atoms with Crippen molar-refractivity contribution in [3.05, 3.63) is 10.8 Å². The van der Waals surface area contributed by atoms with Crippen LogP contribution in [0.15, 0.2) is 10.8 Å². The maximum Gasteiger partial charge on any atom is 0.217 e. The van der Waals surface area contributed by atoms with E-state index in [-0.39, 0.29) is 28.4 Å². The van der Waals surface area contributed by atoms with Crippen molar-refractivity contribution in [2.45, 2.75) is 37.7 Å². The minimum absolute atomic E-state index is 0.000515. The molecule has 0 amide bonds. The predicted molar refractivity (Wildman–Crippen MR) is 75.4 cm³/mol. The third kappa shape index (κ3) is 1.61. The maximum absolute atomic E-state index is 12.9. The molecule has 0 radical (unpaired) electrons. The number of aliphatic hydroxyl groups is 1. The Hall–Kier alpha value is -0.870. The van der Waals surface area contributed by atoms with Crippen molar-refractivity contribution in [3.8, 4) is 0 Å². The molecule has 0 aromatic carbocycles. The molecule has 4 nitrogen and oxygen atoms in total. The van der Waals surface area contributed by atoms with Crippen LogP contribution in [0.1, 0.15) is 32.1 Å². The van der Waals surface area contributed by atoms with Gasteiger partial charge in [0.2, 0.25) is 5.78 Å². The normalized spacial score (nSPS) is 48.4. The molecule has 0 spiro atoms. The summed E-state index contributed by atoms with van der Waals surface area (Å²) < 4.78 is 5.14. The summed E-state index contributed by atoms with van der Waals surface area (Å²) >= 11 is 5.87. The number of hydrogen-bond acceptors (Lipinski definition) is 4. The summed E-state index contributed by atoms with van der Waals surface area (Å²) in [6, 6.07) is 0. The van der Waals surface area contributed by atoms with Gasteiger partial charge in [-0.3, -0.25) is 9.59 Å². The van der Waals surface area contributed by atoms with Gasteiger partial charge in [0, 0.05) is 5.92 Å². The number of rotatable bonds is 2. The van der Waals surface area contributed by atoms with Gasteiger partial charge in [0.25, 0.3) is 0 Å². The molecule has 1 N–H and O–H groups in total. The number of halogens is 1. The van der Waals surface area contributed by atoms with Crippen LogP contribution in [-0.2, 0) is 14.3 Å². The number of carbonyl (C=O) groups is 2. The molecular weight excluding hydrogens is 292 g/mol. The van der Waals surface area contributed by atoms with E-state index in [4.69, 9.17) is 16.3 Å².